The van der Waals surface area contributed by atoms with Gasteiger partial charge in [-0.25, -0.2) is 4.39 Å². The molecule has 1 aromatic heterocycles. The Morgan fingerprint density at radius 1 is 1.28 bits per heavy atom. The number of hydrogen-bond acceptors (Lipinski definition) is 2. The fourth-order valence-electron chi connectivity index (χ4n) is 1.80. The first kappa shape index (κ1) is 13.2. The van der Waals surface area contributed by atoms with E-state index in [-0.39, 0.29) is 5.82 Å². The van der Waals surface area contributed by atoms with Crippen molar-refractivity contribution < 1.29 is 4.39 Å². The molecule has 0 fully saturated rings. The van der Waals surface area contributed by atoms with E-state index >= 15 is 0 Å². The smallest absolute Gasteiger partial charge is 0.124 e. The topological polar surface area (TPSA) is 16.1 Å². The maximum absolute atomic E-state index is 13.0. The largest absolute Gasteiger partial charge is 0.298 e. The molecule has 0 saturated heterocycles. The van der Waals surface area contributed by atoms with E-state index in [1.165, 1.54) is 17.7 Å². The number of hydrogen-bond donors (Lipinski definition) is 0. The Morgan fingerprint density at radius 2 is 2.11 bits per heavy atom. The molecule has 0 aliphatic rings. The predicted molar refractivity (Wildman–Crippen MR) is 73.5 cm³/mol. The van der Waals surface area contributed by atoms with Gasteiger partial charge in [-0.3, -0.25) is 9.88 Å². The molecule has 0 radical (unpaired) electrons. The third-order valence-corrected chi connectivity index (χ3v) is 3.37. The van der Waals surface area contributed by atoms with E-state index in [0.717, 1.165) is 23.1 Å². The van der Waals surface area contributed by atoms with Crippen LogP contribution in [0.15, 0.2) is 47.2 Å². The summed E-state index contributed by atoms with van der Waals surface area (Å²) in [6.07, 6.45) is 3.62. The molecule has 2 aromatic rings. The first-order valence-corrected chi connectivity index (χ1v) is 6.46. The van der Waals surface area contributed by atoms with Crippen LogP contribution in [0, 0.1) is 5.82 Å². The lowest BCUT2D eigenvalue weighted by Gasteiger charge is -2.17. The first-order valence-electron chi connectivity index (χ1n) is 5.66. The van der Waals surface area contributed by atoms with E-state index in [9.17, 15) is 4.39 Å². The van der Waals surface area contributed by atoms with Crippen LogP contribution in [0.1, 0.15) is 11.1 Å². The zero-order chi connectivity index (χ0) is 13.0. The van der Waals surface area contributed by atoms with Crippen LogP contribution in [0.2, 0.25) is 0 Å². The predicted octanol–water partition coefficient (Wildman–Crippen LogP) is 3.62. The number of nitrogens with zero attached hydrogens (tertiary/aromatic N) is 2. The van der Waals surface area contributed by atoms with Crippen molar-refractivity contribution in [2.45, 2.75) is 13.1 Å². The lowest BCUT2D eigenvalue weighted by molar-refractivity contribution is 0.318. The second kappa shape index (κ2) is 6.07. The Balaban J connectivity index is 2.01. The summed E-state index contributed by atoms with van der Waals surface area (Å²) in [6, 6.07) is 8.75. The summed E-state index contributed by atoms with van der Waals surface area (Å²) < 4.78 is 13.8. The van der Waals surface area contributed by atoms with Crippen molar-refractivity contribution in [1.29, 1.82) is 0 Å². The standard InChI is InChI=1S/C14H14BrFN2/c1-18(9-11-3-2-6-17-8-11)10-12-4-5-13(16)7-14(12)15/h2-8H,9-10H2,1H3. The molecule has 18 heavy (non-hydrogen) atoms. The summed E-state index contributed by atoms with van der Waals surface area (Å²) in [5.41, 5.74) is 2.24. The lowest BCUT2D eigenvalue weighted by Crippen LogP contribution is -2.17. The van der Waals surface area contributed by atoms with Crippen LogP contribution in [-0.4, -0.2) is 16.9 Å². The molecule has 0 atom stereocenters. The van der Waals surface area contributed by atoms with Crippen molar-refractivity contribution in [3.8, 4) is 0 Å². The van der Waals surface area contributed by atoms with E-state index in [1.807, 2.05) is 25.4 Å². The molecular formula is C14H14BrFN2. The van der Waals surface area contributed by atoms with Gasteiger partial charge >= 0.3 is 0 Å². The van der Waals surface area contributed by atoms with Crippen LogP contribution < -0.4 is 0 Å². The molecule has 4 heteroatoms. The summed E-state index contributed by atoms with van der Waals surface area (Å²) in [5, 5.41) is 0. The number of benzene rings is 1. The second-order valence-corrected chi connectivity index (χ2v) is 5.12. The quantitative estimate of drug-likeness (QED) is 0.857. The molecule has 0 N–H and O–H groups in total. The molecule has 0 saturated carbocycles. The molecule has 2 nitrogen and oxygen atoms in total. The van der Waals surface area contributed by atoms with E-state index < -0.39 is 0 Å². The summed E-state index contributed by atoms with van der Waals surface area (Å²) in [7, 11) is 2.03. The van der Waals surface area contributed by atoms with Gasteiger partial charge in [-0.1, -0.05) is 28.1 Å². The van der Waals surface area contributed by atoms with Crippen LogP contribution >= 0.6 is 15.9 Å². The van der Waals surface area contributed by atoms with Crippen molar-refractivity contribution in [3.05, 3.63) is 64.1 Å². The normalized spacial score (nSPS) is 10.9. The highest BCUT2D eigenvalue weighted by molar-refractivity contribution is 9.10. The van der Waals surface area contributed by atoms with Gasteiger partial charge in [0, 0.05) is 30.0 Å². The minimum Gasteiger partial charge on any atom is -0.298 e. The Labute approximate surface area is 115 Å². The maximum Gasteiger partial charge on any atom is 0.124 e. The first-order chi connectivity index (χ1) is 8.65. The van der Waals surface area contributed by atoms with Crippen molar-refractivity contribution >= 4 is 15.9 Å². The van der Waals surface area contributed by atoms with E-state index in [4.69, 9.17) is 0 Å². The summed E-state index contributed by atoms with van der Waals surface area (Å²) in [4.78, 5) is 6.25. The second-order valence-electron chi connectivity index (χ2n) is 4.27. The summed E-state index contributed by atoms with van der Waals surface area (Å²) in [6.45, 7) is 1.58. The average Bonchev–Trinajstić information content (AvgIpc) is 2.34. The van der Waals surface area contributed by atoms with Crippen molar-refractivity contribution in [2.24, 2.45) is 0 Å². The van der Waals surface area contributed by atoms with E-state index in [2.05, 4.69) is 25.8 Å². The van der Waals surface area contributed by atoms with Crippen LogP contribution in [0.4, 0.5) is 4.39 Å². The minimum atomic E-state index is -0.222. The van der Waals surface area contributed by atoms with Crippen molar-refractivity contribution in [3.63, 3.8) is 0 Å². The van der Waals surface area contributed by atoms with Gasteiger partial charge in [-0.05, 0) is 36.4 Å². The minimum absolute atomic E-state index is 0.222. The van der Waals surface area contributed by atoms with Crippen molar-refractivity contribution in [2.75, 3.05) is 7.05 Å². The molecule has 0 amide bonds. The van der Waals surface area contributed by atoms with Gasteiger partial charge in [0.1, 0.15) is 5.82 Å². The number of aromatic nitrogens is 1. The zero-order valence-corrected chi connectivity index (χ0v) is 11.7. The third kappa shape index (κ3) is 3.62. The van der Waals surface area contributed by atoms with Gasteiger partial charge in [0.25, 0.3) is 0 Å². The average molecular weight is 309 g/mol. The molecular weight excluding hydrogens is 295 g/mol. The Morgan fingerprint density at radius 3 is 2.78 bits per heavy atom. The molecule has 2 rings (SSSR count). The molecule has 0 unspecified atom stereocenters. The molecule has 0 aliphatic carbocycles. The highest BCUT2D eigenvalue weighted by Gasteiger charge is 2.06. The molecule has 0 bridgehead atoms. The molecule has 1 aromatic carbocycles. The van der Waals surface area contributed by atoms with Gasteiger partial charge < -0.3 is 0 Å². The fraction of sp³-hybridized carbons (Fsp3) is 0.214. The van der Waals surface area contributed by atoms with Crippen LogP contribution in [-0.2, 0) is 13.1 Å². The Hall–Kier alpha value is -1.26. The number of pyridine rings is 1. The van der Waals surface area contributed by atoms with Gasteiger partial charge in [0.2, 0.25) is 0 Å². The third-order valence-electron chi connectivity index (χ3n) is 2.63. The maximum atomic E-state index is 13.0. The van der Waals surface area contributed by atoms with Gasteiger partial charge in [0.05, 0.1) is 0 Å². The van der Waals surface area contributed by atoms with Gasteiger partial charge in [-0.15, -0.1) is 0 Å². The number of rotatable bonds is 4. The molecule has 1 heterocycles. The molecule has 94 valence electrons. The van der Waals surface area contributed by atoms with Crippen LogP contribution in [0.3, 0.4) is 0 Å². The van der Waals surface area contributed by atoms with Gasteiger partial charge in [-0.2, -0.15) is 0 Å². The zero-order valence-electron chi connectivity index (χ0n) is 10.1. The van der Waals surface area contributed by atoms with E-state index in [1.54, 1.807) is 12.3 Å². The lowest BCUT2D eigenvalue weighted by atomic mass is 10.2. The number of halogens is 2. The fourth-order valence-corrected chi connectivity index (χ4v) is 2.28. The van der Waals surface area contributed by atoms with E-state index in [0.29, 0.717) is 0 Å². The highest BCUT2D eigenvalue weighted by Crippen LogP contribution is 2.19. The summed E-state index contributed by atoms with van der Waals surface area (Å²) >= 11 is 3.38. The molecule has 0 aliphatic heterocycles. The van der Waals surface area contributed by atoms with Crippen LogP contribution in [0.5, 0.6) is 0 Å². The van der Waals surface area contributed by atoms with Gasteiger partial charge in [0.15, 0.2) is 0 Å². The van der Waals surface area contributed by atoms with Crippen molar-refractivity contribution in [1.82, 2.24) is 9.88 Å². The SMILES string of the molecule is CN(Cc1cccnc1)Cc1ccc(F)cc1Br. The molecule has 0 spiro atoms. The Kier molecular flexibility index (Phi) is 4.44. The Bertz CT molecular complexity index is 516. The van der Waals surface area contributed by atoms with Crippen LogP contribution in [0.25, 0.3) is 0 Å². The monoisotopic (exact) mass is 308 g/mol. The highest BCUT2D eigenvalue weighted by atomic mass is 79.9. The summed E-state index contributed by atoms with van der Waals surface area (Å²) in [5.74, 6) is -0.222.